The lowest BCUT2D eigenvalue weighted by molar-refractivity contribution is -0.143. The van der Waals surface area contributed by atoms with Crippen LogP contribution in [0, 0.1) is 11.3 Å². The van der Waals surface area contributed by atoms with Crippen molar-refractivity contribution in [3.05, 3.63) is 0 Å². The predicted octanol–water partition coefficient (Wildman–Crippen LogP) is 0.0213. The van der Waals surface area contributed by atoms with Crippen LogP contribution in [0.25, 0.3) is 0 Å². The number of hydrogen-bond acceptors (Lipinski definition) is 5. The summed E-state index contributed by atoms with van der Waals surface area (Å²) in [5, 5.41) is 12.0. The Hall–Kier alpha value is -1.34. The quantitative estimate of drug-likeness (QED) is 0.328. The fourth-order valence-electron chi connectivity index (χ4n) is 3.38. The summed E-state index contributed by atoms with van der Waals surface area (Å²) in [5.41, 5.74) is 4.92. The van der Waals surface area contributed by atoms with Crippen LogP contribution in [-0.2, 0) is 14.3 Å². The number of methoxy groups -OCH3 is 2. The van der Waals surface area contributed by atoms with Crippen LogP contribution in [0.3, 0.4) is 0 Å². The van der Waals surface area contributed by atoms with Gasteiger partial charge in [-0.25, -0.2) is 0 Å². The topological polar surface area (TPSA) is 97.4 Å². The molecule has 2 rings (SSSR count). The largest absolute Gasteiger partial charge is 0.409 e. The average molecular weight is 285 g/mol. The van der Waals surface area contributed by atoms with Crippen molar-refractivity contribution in [3.8, 4) is 0 Å². The molecular weight excluding hydrogens is 262 g/mol. The lowest BCUT2D eigenvalue weighted by Gasteiger charge is -2.45. The molecule has 114 valence electrons. The summed E-state index contributed by atoms with van der Waals surface area (Å²) >= 11 is 0. The van der Waals surface area contributed by atoms with E-state index in [4.69, 9.17) is 20.4 Å². The highest BCUT2D eigenvalue weighted by molar-refractivity contribution is 6.07. The number of likely N-dealkylation sites (tertiary alicyclic amines) is 1. The fourth-order valence-corrected chi connectivity index (χ4v) is 3.38. The Labute approximate surface area is 118 Å². The van der Waals surface area contributed by atoms with E-state index in [0.717, 1.165) is 0 Å². The first-order valence-corrected chi connectivity index (χ1v) is 6.81. The highest BCUT2D eigenvalue weighted by Gasteiger charge is 2.55. The third kappa shape index (κ3) is 2.25. The minimum atomic E-state index is -0.852. The van der Waals surface area contributed by atoms with Gasteiger partial charge in [-0.3, -0.25) is 4.79 Å². The van der Waals surface area contributed by atoms with Crippen molar-refractivity contribution in [2.75, 3.05) is 27.3 Å². The van der Waals surface area contributed by atoms with Crippen molar-refractivity contribution < 1.29 is 19.5 Å². The fraction of sp³-hybridized carbons (Fsp3) is 0.846. The lowest BCUT2D eigenvalue weighted by Crippen LogP contribution is -2.57. The number of oxime groups is 1. The van der Waals surface area contributed by atoms with Crippen molar-refractivity contribution in [1.82, 2.24) is 4.90 Å². The zero-order valence-corrected chi connectivity index (χ0v) is 12.2. The number of nitrogens with two attached hydrogens (primary N) is 1. The Balaban J connectivity index is 2.14. The van der Waals surface area contributed by atoms with Gasteiger partial charge in [0.2, 0.25) is 5.91 Å². The summed E-state index contributed by atoms with van der Waals surface area (Å²) in [6.45, 7) is 3.00. The molecule has 0 aromatic rings. The van der Waals surface area contributed by atoms with Crippen molar-refractivity contribution in [2.45, 2.75) is 32.0 Å². The van der Waals surface area contributed by atoms with Crippen LogP contribution in [0.2, 0.25) is 0 Å². The van der Waals surface area contributed by atoms with E-state index >= 15 is 0 Å². The predicted molar refractivity (Wildman–Crippen MR) is 72.4 cm³/mol. The van der Waals surface area contributed by atoms with Crippen LogP contribution in [0.4, 0.5) is 0 Å². The first kappa shape index (κ1) is 15.1. The molecule has 3 N–H and O–H groups in total. The number of carbonyl (C=O) groups is 1. The number of rotatable bonds is 4. The van der Waals surface area contributed by atoms with Gasteiger partial charge < -0.3 is 25.3 Å². The normalized spacial score (nSPS) is 37.9. The molecule has 1 heterocycles. The highest BCUT2D eigenvalue weighted by atomic mass is 16.5. The molecule has 7 nitrogen and oxygen atoms in total. The van der Waals surface area contributed by atoms with Gasteiger partial charge in [-0.05, 0) is 18.8 Å². The molecule has 2 fully saturated rings. The van der Waals surface area contributed by atoms with Crippen LogP contribution in [0.1, 0.15) is 19.8 Å². The summed E-state index contributed by atoms with van der Waals surface area (Å²) in [6, 6.07) is 0. The summed E-state index contributed by atoms with van der Waals surface area (Å²) in [7, 11) is 3.21. The van der Waals surface area contributed by atoms with Gasteiger partial charge in [-0.1, -0.05) is 12.1 Å². The molecule has 1 saturated carbocycles. The van der Waals surface area contributed by atoms with E-state index in [0.29, 0.717) is 31.8 Å². The first-order chi connectivity index (χ1) is 9.48. The van der Waals surface area contributed by atoms with E-state index < -0.39 is 5.41 Å². The van der Waals surface area contributed by atoms with Gasteiger partial charge in [0, 0.05) is 27.3 Å². The molecule has 20 heavy (non-hydrogen) atoms. The van der Waals surface area contributed by atoms with Gasteiger partial charge in [-0.15, -0.1) is 0 Å². The molecule has 1 saturated heterocycles. The third-order valence-electron chi connectivity index (χ3n) is 4.51. The van der Waals surface area contributed by atoms with Gasteiger partial charge in [0.15, 0.2) is 5.84 Å². The van der Waals surface area contributed by atoms with E-state index in [1.54, 1.807) is 19.1 Å². The van der Waals surface area contributed by atoms with Crippen LogP contribution in [-0.4, -0.2) is 61.4 Å². The SMILES string of the molecule is COC1CN(C(=O)C2(C(N)=NO)CC(C)C2)CC1OC. The average Bonchev–Trinajstić information content (AvgIpc) is 2.85. The molecule has 7 heteroatoms. The van der Waals surface area contributed by atoms with E-state index in [1.165, 1.54) is 0 Å². The molecule has 2 atom stereocenters. The summed E-state index contributed by atoms with van der Waals surface area (Å²) < 4.78 is 10.7. The van der Waals surface area contributed by atoms with Crippen LogP contribution >= 0.6 is 0 Å². The van der Waals surface area contributed by atoms with Crippen molar-refractivity contribution in [3.63, 3.8) is 0 Å². The molecule has 0 bridgehead atoms. The highest BCUT2D eigenvalue weighted by Crippen LogP contribution is 2.47. The second-order valence-electron chi connectivity index (χ2n) is 5.84. The maximum Gasteiger partial charge on any atom is 0.236 e. The van der Waals surface area contributed by atoms with Crippen molar-refractivity contribution in [1.29, 1.82) is 0 Å². The van der Waals surface area contributed by atoms with Gasteiger partial charge >= 0.3 is 0 Å². The Kier molecular flexibility index (Phi) is 4.19. The Bertz CT molecular complexity index is 394. The lowest BCUT2D eigenvalue weighted by atomic mass is 9.61. The number of amidine groups is 1. The molecule has 2 aliphatic rings. The van der Waals surface area contributed by atoms with Gasteiger partial charge in [-0.2, -0.15) is 0 Å². The van der Waals surface area contributed by atoms with Crippen LogP contribution in [0.15, 0.2) is 5.16 Å². The molecule has 1 aliphatic carbocycles. The van der Waals surface area contributed by atoms with E-state index in [-0.39, 0.29) is 24.0 Å². The van der Waals surface area contributed by atoms with E-state index in [1.807, 2.05) is 0 Å². The molecule has 0 aromatic carbocycles. The van der Waals surface area contributed by atoms with Crippen LogP contribution < -0.4 is 5.73 Å². The molecule has 1 amide bonds. The molecular formula is C13H23N3O4. The standard InChI is InChI=1S/C13H23N3O4/c1-8-4-13(5-8,11(14)15-18)12(17)16-6-9(19-2)10(7-16)20-3/h8-10,18H,4-7H2,1-3H3,(H2,14,15). The number of nitrogens with zero attached hydrogens (tertiary/aromatic N) is 2. The molecule has 0 radical (unpaired) electrons. The van der Waals surface area contributed by atoms with Gasteiger partial charge in [0.05, 0.1) is 0 Å². The zero-order chi connectivity index (χ0) is 14.9. The number of carbonyl (C=O) groups excluding carboxylic acids is 1. The van der Waals surface area contributed by atoms with Gasteiger partial charge in [0.1, 0.15) is 17.6 Å². The maximum absolute atomic E-state index is 12.8. The first-order valence-electron chi connectivity index (χ1n) is 6.81. The molecule has 1 aliphatic heterocycles. The van der Waals surface area contributed by atoms with E-state index in [2.05, 4.69) is 12.1 Å². The minimum Gasteiger partial charge on any atom is -0.409 e. The van der Waals surface area contributed by atoms with Crippen LogP contribution in [0.5, 0.6) is 0 Å². The smallest absolute Gasteiger partial charge is 0.236 e. The van der Waals surface area contributed by atoms with Crippen molar-refractivity contribution in [2.24, 2.45) is 22.2 Å². The molecule has 0 aromatic heterocycles. The number of hydrogen-bond donors (Lipinski definition) is 2. The third-order valence-corrected chi connectivity index (χ3v) is 4.51. The zero-order valence-electron chi connectivity index (χ0n) is 12.2. The monoisotopic (exact) mass is 285 g/mol. The Morgan fingerprint density at radius 2 is 1.80 bits per heavy atom. The second kappa shape index (κ2) is 5.57. The molecule has 2 unspecified atom stereocenters. The minimum absolute atomic E-state index is 0.00966. The Morgan fingerprint density at radius 1 is 1.30 bits per heavy atom. The summed E-state index contributed by atoms with van der Waals surface area (Å²) in [4.78, 5) is 14.5. The molecule has 0 spiro atoms. The number of ether oxygens (including phenoxy) is 2. The summed E-state index contributed by atoms with van der Waals surface area (Å²) in [6.07, 6.45) is 0.970. The maximum atomic E-state index is 12.8. The summed E-state index contributed by atoms with van der Waals surface area (Å²) in [5.74, 6) is 0.321. The van der Waals surface area contributed by atoms with Gasteiger partial charge in [0.25, 0.3) is 0 Å². The second-order valence-corrected chi connectivity index (χ2v) is 5.84. The van der Waals surface area contributed by atoms with Crippen molar-refractivity contribution >= 4 is 11.7 Å². The van der Waals surface area contributed by atoms with E-state index in [9.17, 15) is 4.79 Å². The number of amides is 1. The Morgan fingerprint density at radius 3 is 2.15 bits per heavy atom.